The number of nitrogens with zero attached hydrogens (tertiary/aromatic N) is 3. The molecule has 0 bridgehead atoms. The maximum atomic E-state index is 8.67. The summed E-state index contributed by atoms with van der Waals surface area (Å²) in [7, 11) is 0. The van der Waals surface area contributed by atoms with Gasteiger partial charge in [0.1, 0.15) is 5.65 Å². The molecule has 0 amide bonds. The molecule has 0 aliphatic heterocycles. The second kappa shape index (κ2) is 3.04. The van der Waals surface area contributed by atoms with Gasteiger partial charge in [0, 0.05) is 11.9 Å². The zero-order valence-corrected chi connectivity index (χ0v) is 7.86. The number of nitriles is 1. The minimum absolute atomic E-state index is 0.358. The molecule has 4 nitrogen and oxygen atoms in total. The highest BCUT2D eigenvalue weighted by Crippen LogP contribution is 2.14. The van der Waals surface area contributed by atoms with Crippen LogP contribution in [0.4, 0.5) is 5.69 Å². The molecule has 0 spiro atoms. The Hall–Kier alpha value is -2.02. The van der Waals surface area contributed by atoms with E-state index < -0.39 is 0 Å². The highest BCUT2D eigenvalue weighted by molar-refractivity contribution is 5.50. The molecule has 0 aliphatic carbocycles. The van der Waals surface area contributed by atoms with Crippen LogP contribution in [0.3, 0.4) is 0 Å². The summed E-state index contributed by atoms with van der Waals surface area (Å²) in [6.07, 6.45) is 2.15. The normalized spacial score (nSPS) is 10.3. The average Bonchev–Trinajstić information content (AvgIpc) is 2.45. The van der Waals surface area contributed by atoms with Crippen molar-refractivity contribution in [3.05, 3.63) is 29.7 Å². The first-order valence-corrected chi connectivity index (χ1v) is 4.32. The van der Waals surface area contributed by atoms with Crippen molar-refractivity contribution in [1.82, 2.24) is 9.38 Å². The molecule has 0 radical (unpaired) electrons. The Morgan fingerprint density at radius 2 is 2.36 bits per heavy atom. The molecule has 2 aromatic rings. The molecule has 0 unspecified atom stereocenters. The zero-order valence-electron chi connectivity index (χ0n) is 7.86. The number of hydrogen-bond donors (Lipinski definition) is 1. The number of anilines is 1. The number of nitrogens with two attached hydrogens (primary N) is 1. The van der Waals surface area contributed by atoms with Crippen LogP contribution in [0, 0.1) is 18.3 Å². The molecule has 0 aliphatic rings. The summed E-state index contributed by atoms with van der Waals surface area (Å²) >= 11 is 0. The largest absolute Gasteiger partial charge is 0.398 e. The third-order valence-corrected chi connectivity index (χ3v) is 2.19. The van der Waals surface area contributed by atoms with Crippen molar-refractivity contribution in [2.75, 3.05) is 5.73 Å². The van der Waals surface area contributed by atoms with Gasteiger partial charge >= 0.3 is 0 Å². The first-order chi connectivity index (χ1) is 6.72. The lowest BCUT2D eigenvalue weighted by Crippen LogP contribution is -1.95. The number of aryl methyl sites for hydroxylation is 1. The van der Waals surface area contributed by atoms with Crippen molar-refractivity contribution in [3.63, 3.8) is 0 Å². The summed E-state index contributed by atoms with van der Waals surface area (Å²) in [4.78, 5) is 4.33. The fourth-order valence-corrected chi connectivity index (χ4v) is 1.52. The molecule has 2 N–H and O–H groups in total. The van der Waals surface area contributed by atoms with E-state index in [1.807, 2.05) is 17.4 Å². The van der Waals surface area contributed by atoms with Gasteiger partial charge in [0.15, 0.2) is 0 Å². The molecule has 0 aromatic carbocycles. The topological polar surface area (TPSA) is 67.1 Å². The molecule has 70 valence electrons. The van der Waals surface area contributed by atoms with Gasteiger partial charge in [0.05, 0.1) is 23.9 Å². The maximum Gasteiger partial charge on any atom is 0.137 e. The van der Waals surface area contributed by atoms with Crippen LogP contribution in [0.1, 0.15) is 11.4 Å². The van der Waals surface area contributed by atoms with E-state index >= 15 is 0 Å². The molecule has 0 fully saturated rings. The van der Waals surface area contributed by atoms with Crippen molar-refractivity contribution < 1.29 is 0 Å². The van der Waals surface area contributed by atoms with E-state index in [0.717, 1.165) is 17.0 Å². The summed E-state index contributed by atoms with van der Waals surface area (Å²) in [6, 6.07) is 5.77. The van der Waals surface area contributed by atoms with Gasteiger partial charge < -0.3 is 10.1 Å². The van der Waals surface area contributed by atoms with Gasteiger partial charge in [-0.25, -0.2) is 4.98 Å². The fraction of sp³-hybridized carbons (Fsp3) is 0.200. The standard InChI is InChI=1S/C10H10N4/c1-7-9(4-5-11)14-6-8(12)2-3-10(14)13-7/h2-3,6H,4,12H2,1H3. The molecule has 0 atom stereocenters. The van der Waals surface area contributed by atoms with Crippen molar-refractivity contribution in [1.29, 1.82) is 5.26 Å². The quantitative estimate of drug-likeness (QED) is 0.729. The molecular formula is C10H10N4. The second-order valence-electron chi connectivity index (χ2n) is 3.17. The van der Waals surface area contributed by atoms with E-state index in [9.17, 15) is 0 Å². The van der Waals surface area contributed by atoms with E-state index in [1.165, 1.54) is 0 Å². The van der Waals surface area contributed by atoms with Gasteiger partial charge in [-0.05, 0) is 19.1 Å². The van der Waals surface area contributed by atoms with Crippen LogP contribution < -0.4 is 5.73 Å². The van der Waals surface area contributed by atoms with E-state index in [2.05, 4.69) is 11.1 Å². The minimum atomic E-state index is 0.358. The van der Waals surface area contributed by atoms with Crippen molar-refractivity contribution in [3.8, 4) is 6.07 Å². The lowest BCUT2D eigenvalue weighted by molar-refractivity contribution is 1.04. The van der Waals surface area contributed by atoms with Gasteiger partial charge in [-0.2, -0.15) is 5.26 Å². The van der Waals surface area contributed by atoms with E-state index in [4.69, 9.17) is 11.0 Å². The van der Waals surface area contributed by atoms with Crippen molar-refractivity contribution >= 4 is 11.3 Å². The lowest BCUT2D eigenvalue weighted by Gasteiger charge is -1.98. The van der Waals surface area contributed by atoms with Crippen LogP contribution in [-0.4, -0.2) is 9.38 Å². The first-order valence-electron chi connectivity index (χ1n) is 4.32. The summed E-state index contributed by atoms with van der Waals surface area (Å²) < 4.78 is 1.87. The number of pyridine rings is 1. The summed E-state index contributed by atoms with van der Waals surface area (Å²) in [5.41, 5.74) is 8.97. The number of rotatable bonds is 1. The Morgan fingerprint density at radius 1 is 1.57 bits per heavy atom. The van der Waals surface area contributed by atoms with Crippen LogP contribution in [0.5, 0.6) is 0 Å². The number of hydrogen-bond acceptors (Lipinski definition) is 3. The highest BCUT2D eigenvalue weighted by Gasteiger charge is 2.07. The number of aromatic nitrogens is 2. The molecule has 2 heterocycles. The fourth-order valence-electron chi connectivity index (χ4n) is 1.52. The molecule has 4 heteroatoms. The van der Waals surface area contributed by atoms with E-state index in [0.29, 0.717) is 12.1 Å². The predicted molar refractivity (Wildman–Crippen MR) is 53.7 cm³/mol. The molecule has 2 aromatic heterocycles. The van der Waals surface area contributed by atoms with E-state index in [1.54, 1.807) is 12.3 Å². The van der Waals surface area contributed by atoms with Crippen LogP contribution in [0.2, 0.25) is 0 Å². The average molecular weight is 186 g/mol. The van der Waals surface area contributed by atoms with Gasteiger partial charge in [-0.1, -0.05) is 0 Å². The Balaban J connectivity index is 2.74. The Kier molecular flexibility index (Phi) is 1.86. The summed E-state index contributed by atoms with van der Waals surface area (Å²) in [6.45, 7) is 1.90. The van der Waals surface area contributed by atoms with Gasteiger partial charge in [-0.3, -0.25) is 0 Å². The highest BCUT2D eigenvalue weighted by atomic mass is 15.0. The monoisotopic (exact) mass is 186 g/mol. The number of fused-ring (bicyclic) bond motifs is 1. The van der Waals surface area contributed by atoms with Crippen molar-refractivity contribution in [2.24, 2.45) is 0 Å². The Bertz CT molecular complexity index is 519. The minimum Gasteiger partial charge on any atom is -0.398 e. The first kappa shape index (κ1) is 8.57. The lowest BCUT2D eigenvalue weighted by atomic mass is 10.3. The third-order valence-electron chi connectivity index (χ3n) is 2.19. The summed E-state index contributed by atoms with van der Waals surface area (Å²) in [5.74, 6) is 0. The maximum absolute atomic E-state index is 8.67. The van der Waals surface area contributed by atoms with Crippen molar-refractivity contribution in [2.45, 2.75) is 13.3 Å². The Morgan fingerprint density at radius 3 is 3.07 bits per heavy atom. The number of imidazole rings is 1. The van der Waals surface area contributed by atoms with Crippen LogP contribution in [0.25, 0.3) is 5.65 Å². The van der Waals surface area contributed by atoms with Crippen LogP contribution >= 0.6 is 0 Å². The smallest absolute Gasteiger partial charge is 0.137 e. The SMILES string of the molecule is Cc1nc2ccc(N)cn2c1CC#N. The van der Waals surface area contributed by atoms with Gasteiger partial charge in [-0.15, -0.1) is 0 Å². The molecule has 2 rings (SSSR count). The van der Waals surface area contributed by atoms with Crippen LogP contribution in [-0.2, 0) is 6.42 Å². The third kappa shape index (κ3) is 1.19. The molecule has 14 heavy (non-hydrogen) atoms. The molecule has 0 saturated carbocycles. The van der Waals surface area contributed by atoms with Crippen LogP contribution in [0.15, 0.2) is 18.3 Å². The Labute approximate surface area is 81.6 Å². The number of nitrogen functional groups attached to an aromatic ring is 1. The van der Waals surface area contributed by atoms with Gasteiger partial charge in [0.2, 0.25) is 0 Å². The van der Waals surface area contributed by atoms with Gasteiger partial charge in [0.25, 0.3) is 0 Å². The zero-order chi connectivity index (χ0) is 10.1. The van der Waals surface area contributed by atoms with E-state index in [-0.39, 0.29) is 0 Å². The second-order valence-corrected chi connectivity index (χ2v) is 3.17. The molecule has 0 saturated heterocycles. The predicted octanol–water partition coefficient (Wildman–Crippen LogP) is 1.29. The summed E-state index contributed by atoms with van der Waals surface area (Å²) in [5, 5.41) is 8.67. The molecular weight excluding hydrogens is 176 g/mol.